The van der Waals surface area contributed by atoms with Gasteiger partial charge in [-0.15, -0.1) is 0 Å². The van der Waals surface area contributed by atoms with Crippen molar-refractivity contribution in [2.75, 3.05) is 77.6 Å². The molecule has 1 saturated carbocycles. The van der Waals surface area contributed by atoms with Crippen LogP contribution in [0.25, 0.3) is 0 Å². The van der Waals surface area contributed by atoms with Crippen molar-refractivity contribution in [3.8, 4) is 5.75 Å². The van der Waals surface area contributed by atoms with E-state index in [1.807, 2.05) is 12.1 Å². The molecule has 5 aliphatic rings. The predicted molar refractivity (Wildman–Crippen MR) is 206 cm³/mol. The average molecular weight is 785 g/mol. The fourth-order valence-corrected chi connectivity index (χ4v) is 9.99. The van der Waals surface area contributed by atoms with Crippen LogP contribution in [0.2, 0.25) is 5.02 Å². The van der Waals surface area contributed by atoms with E-state index < -0.39 is 27.6 Å². The number of rotatable bonds is 4. The number of aryl methyl sites for hydroxylation is 1. The number of carbonyl (C=O) groups is 2. The lowest BCUT2D eigenvalue weighted by molar-refractivity contribution is -0.139. The molecule has 1 spiro atoms. The van der Waals surface area contributed by atoms with Crippen LogP contribution in [0.5, 0.6) is 5.75 Å². The van der Waals surface area contributed by atoms with Crippen molar-refractivity contribution >= 4 is 39.3 Å². The Kier molecular flexibility index (Phi) is 11.5. The van der Waals surface area contributed by atoms with Crippen LogP contribution in [-0.2, 0) is 40.9 Å². The van der Waals surface area contributed by atoms with Crippen molar-refractivity contribution in [3.63, 3.8) is 0 Å². The molecule has 0 aromatic heterocycles. The number of carbonyl (C=O) groups excluding carboxylic acids is 2. The molecular formula is C40H53ClN4O8S. The maximum Gasteiger partial charge on any atom is 0.410 e. The van der Waals surface area contributed by atoms with Crippen LogP contribution < -0.4 is 14.4 Å². The number of halogens is 1. The summed E-state index contributed by atoms with van der Waals surface area (Å²) in [5.74, 6) is -0.0390. The Labute approximate surface area is 324 Å². The van der Waals surface area contributed by atoms with Gasteiger partial charge in [0.05, 0.1) is 30.4 Å². The summed E-state index contributed by atoms with van der Waals surface area (Å²) in [7, 11) is -2.55. The third-order valence-corrected chi connectivity index (χ3v) is 13.6. The second-order valence-electron chi connectivity index (χ2n) is 15.9. The first-order valence-corrected chi connectivity index (χ1v) is 21.1. The summed E-state index contributed by atoms with van der Waals surface area (Å²) >= 11 is 6.46. The molecule has 2 fully saturated rings. The number of benzene rings is 2. The fraction of sp³-hybridized carbons (Fsp3) is 0.600. The molecule has 3 heterocycles. The number of nitrogens with zero attached hydrogens (tertiary/aromatic N) is 3. The molecule has 14 heteroatoms. The molecule has 2 aromatic rings. The lowest BCUT2D eigenvalue weighted by atomic mass is 9.68. The highest BCUT2D eigenvalue weighted by Gasteiger charge is 2.45. The van der Waals surface area contributed by atoms with Gasteiger partial charge >= 0.3 is 6.09 Å². The van der Waals surface area contributed by atoms with E-state index in [1.54, 1.807) is 30.2 Å². The third kappa shape index (κ3) is 8.26. The van der Waals surface area contributed by atoms with Crippen LogP contribution in [0, 0.1) is 11.8 Å². The van der Waals surface area contributed by atoms with E-state index in [-0.39, 0.29) is 34.8 Å². The number of amides is 2. The number of hydrogen-bond acceptors (Lipinski definition) is 10. The highest BCUT2D eigenvalue weighted by molar-refractivity contribution is 7.90. The molecule has 2 amide bonds. The van der Waals surface area contributed by atoms with Crippen LogP contribution in [0.1, 0.15) is 57.1 Å². The Bertz CT molecular complexity index is 1860. The summed E-state index contributed by atoms with van der Waals surface area (Å²) in [5.41, 5.74) is 1.25. The zero-order valence-corrected chi connectivity index (χ0v) is 33.1. The second kappa shape index (κ2) is 16.0. The summed E-state index contributed by atoms with van der Waals surface area (Å²) in [4.78, 5) is 33.5. The van der Waals surface area contributed by atoms with E-state index in [0.717, 1.165) is 58.2 Å². The topological polar surface area (TPSA) is 127 Å². The van der Waals surface area contributed by atoms with Gasteiger partial charge in [-0.25, -0.2) is 17.9 Å². The zero-order chi connectivity index (χ0) is 38.1. The second-order valence-corrected chi connectivity index (χ2v) is 18.1. The molecule has 2 bridgehead atoms. The molecule has 0 unspecified atom stereocenters. The van der Waals surface area contributed by atoms with Crippen LogP contribution >= 0.6 is 11.6 Å². The van der Waals surface area contributed by atoms with Crippen molar-refractivity contribution < 1.29 is 37.0 Å². The maximum absolute atomic E-state index is 13.8. The first kappa shape index (κ1) is 38.9. The first-order valence-electron chi connectivity index (χ1n) is 19.2. The first-order chi connectivity index (χ1) is 25.9. The zero-order valence-electron chi connectivity index (χ0n) is 31.6. The van der Waals surface area contributed by atoms with E-state index in [4.69, 9.17) is 30.5 Å². The number of ether oxygens (including phenoxy) is 4. The monoisotopic (exact) mass is 784 g/mol. The van der Waals surface area contributed by atoms with Gasteiger partial charge in [0.25, 0.3) is 15.9 Å². The van der Waals surface area contributed by atoms with Gasteiger partial charge in [0.2, 0.25) is 0 Å². The average Bonchev–Trinajstić information content (AvgIpc) is 3.46. The molecule has 2 aromatic carbocycles. The molecule has 4 atom stereocenters. The molecule has 2 aliphatic carbocycles. The van der Waals surface area contributed by atoms with E-state index in [9.17, 15) is 18.0 Å². The SMILES string of the molecule is COCCN1CCCN(C(=O)O[C@H]2C=CCOC(C)(C)C(=O)NS(=O)(=O)c3ccc4c(c3)N(C[C@@H]3CC[C@H]32)C[C@@]2(CCCc3cc(Cl)ccc32)CO4)CC1. The summed E-state index contributed by atoms with van der Waals surface area (Å²) in [5, 5.41) is 0.702. The van der Waals surface area contributed by atoms with E-state index in [2.05, 4.69) is 26.7 Å². The normalized spacial score (nSPS) is 28.4. The van der Waals surface area contributed by atoms with Crippen molar-refractivity contribution in [3.05, 3.63) is 64.7 Å². The Morgan fingerprint density at radius 3 is 2.72 bits per heavy atom. The van der Waals surface area contributed by atoms with Gasteiger partial charge in [0, 0.05) is 62.7 Å². The van der Waals surface area contributed by atoms with Crippen LogP contribution in [0.15, 0.2) is 53.4 Å². The molecule has 1 N–H and O–H groups in total. The third-order valence-electron chi connectivity index (χ3n) is 12.0. The van der Waals surface area contributed by atoms with Gasteiger partial charge in [-0.2, -0.15) is 0 Å². The smallest absolute Gasteiger partial charge is 0.410 e. The van der Waals surface area contributed by atoms with Crippen LogP contribution in [-0.4, -0.2) is 115 Å². The number of anilines is 1. The number of fused-ring (bicyclic) bond motifs is 4. The van der Waals surface area contributed by atoms with Gasteiger partial charge in [0.1, 0.15) is 17.5 Å². The van der Waals surface area contributed by atoms with Crippen molar-refractivity contribution in [2.24, 2.45) is 11.8 Å². The minimum Gasteiger partial charge on any atom is -0.490 e. The van der Waals surface area contributed by atoms with E-state index in [0.29, 0.717) is 55.9 Å². The van der Waals surface area contributed by atoms with Crippen LogP contribution in [0.4, 0.5) is 10.5 Å². The highest BCUT2D eigenvalue weighted by Crippen LogP contribution is 2.47. The summed E-state index contributed by atoms with van der Waals surface area (Å²) in [6, 6.07) is 10.9. The quantitative estimate of drug-likeness (QED) is 0.416. The number of sulfonamides is 1. The number of nitrogens with one attached hydrogen (secondary N) is 1. The Balaban J connectivity index is 1.22. The minimum atomic E-state index is -4.25. The van der Waals surface area contributed by atoms with Crippen molar-refractivity contribution in [1.29, 1.82) is 0 Å². The Hall–Kier alpha value is -3.36. The molecule has 7 rings (SSSR count). The van der Waals surface area contributed by atoms with Gasteiger partial charge in [-0.1, -0.05) is 23.7 Å². The molecule has 54 heavy (non-hydrogen) atoms. The predicted octanol–water partition coefficient (Wildman–Crippen LogP) is 5.17. The molecule has 12 nitrogen and oxygen atoms in total. The largest absolute Gasteiger partial charge is 0.490 e. The lowest BCUT2D eigenvalue weighted by Gasteiger charge is -2.46. The highest BCUT2D eigenvalue weighted by atomic mass is 35.5. The number of methoxy groups -OCH3 is 1. The van der Waals surface area contributed by atoms with Crippen molar-refractivity contribution in [2.45, 2.75) is 74.4 Å². The molecule has 1 saturated heterocycles. The van der Waals surface area contributed by atoms with Gasteiger partial charge in [0.15, 0.2) is 0 Å². The summed E-state index contributed by atoms with van der Waals surface area (Å²) in [6.07, 6.45) is 8.25. The summed E-state index contributed by atoms with van der Waals surface area (Å²) in [6.45, 7) is 9.02. The Morgan fingerprint density at radius 2 is 1.93 bits per heavy atom. The van der Waals surface area contributed by atoms with Gasteiger partial charge < -0.3 is 28.7 Å². The molecule has 3 aliphatic heterocycles. The standard InChI is InChI=1S/C40H53ClN4O8S/c1-39(2)37(46)42-54(48,49)31-11-14-36-34(24-31)45(26-40(27-51-36)15-4-7-28-23-30(41)10-13-33(28)40)25-29-9-12-32(29)35(8-5-21-52-39)53-38(47)44-17-6-16-43(18-19-44)20-22-50-3/h5,8,10-11,13-14,23-24,29,32,35H,4,6-7,9,12,15-22,25-27H2,1-3H3,(H,42,46)/t29-,32+,35-,40-/m0/s1. The van der Waals surface area contributed by atoms with E-state index in [1.165, 1.54) is 31.0 Å². The van der Waals surface area contributed by atoms with Crippen molar-refractivity contribution in [1.82, 2.24) is 14.5 Å². The van der Waals surface area contributed by atoms with Gasteiger partial charge in [-0.3, -0.25) is 9.69 Å². The molecule has 294 valence electrons. The van der Waals surface area contributed by atoms with E-state index >= 15 is 0 Å². The minimum absolute atomic E-state index is 0.0209. The van der Waals surface area contributed by atoms with Crippen LogP contribution in [0.3, 0.4) is 0 Å². The van der Waals surface area contributed by atoms with Gasteiger partial charge in [-0.05, 0) is 112 Å². The molecular weight excluding hydrogens is 732 g/mol. The Morgan fingerprint density at radius 1 is 1.07 bits per heavy atom. The fourth-order valence-electron chi connectivity index (χ4n) is 8.67. The maximum atomic E-state index is 13.8. The number of hydrogen-bond donors (Lipinski definition) is 1. The molecule has 0 radical (unpaired) electrons. The lowest BCUT2D eigenvalue weighted by Crippen LogP contribution is -2.50. The summed E-state index contributed by atoms with van der Waals surface area (Å²) < 4.78 is 53.8.